The van der Waals surface area contributed by atoms with Gasteiger partial charge in [-0.2, -0.15) is 0 Å². The summed E-state index contributed by atoms with van der Waals surface area (Å²) >= 11 is 0. The molecular weight excluding hydrogens is 540 g/mol. The van der Waals surface area contributed by atoms with Crippen LogP contribution in [0.2, 0.25) is 0 Å². The van der Waals surface area contributed by atoms with E-state index in [4.69, 9.17) is 59.4 Å². The molecule has 0 saturated heterocycles. The van der Waals surface area contributed by atoms with Crippen molar-refractivity contribution in [3.05, 3.63) is 47.5 Å². The number of guanidine groups is 2. The Kier molecular flexibility index (Phi) is 11.8. The zero-order valence-electron chi connectivity index (χ0n) is 20.6. The summed E-state index contributed by atoms with van der Waals surface area (Å²) in [6.07, 6.45) is -1.51. The monoisotopic (exact) mass is 570 g/mol. The van der Waals surface area contributed by atoms with Crippen molar-refractivity contribution < 1.29 is 46.7 Å². The van der Waals surface area contributed by atoms with Crippen LogP contribution in [0.15, 0.2) is 46.4 Å². The number of benzene rings is 2. The maximum atomic E-state index is 9.86. The summed E-state index contributed by atoms with van der Waals surface area (Å²) in [6, 6.07) is 10.5. The topological polar surface area (TPSA) is 286 Å². The van der Waals surface area contributed by atoms with Crippen LogP contribution in [0.25, 0.3) is 0 Å². The van der Waals surface area contributed by atoms with Gasteiger partial charge in [0.15, 0.2) is 34.9 Å². The first-order chi connectivity index (χ1) is 18.3. The normalized spacial score (nSPS) is 14.7. The molecule has 2 aliphatic rings. The highest BCUT2D eigenvalue weighted by Crippen LogP contribution is 2.33. The fourth-order valence-electron chi connectivity index (χ4n) is 3.13. The molecule has 0 fully saturated rings. The first-order valence-electron chi connectivity index (χ1n) is 11.3. The van der Waals surface area contributed by atoms with E-state index in [1.807, 2.05) is 0 Å². The first-order valence-corrected chi connectivity index (χ1v) is 12.6. The van der Waals surface area contributed by atoms with Crippen LogP contribution in [0, 0.1) is 0 Å². The van der Waals surface area contributed by atoms with Gasteiger partial charge in [0.1, 0.15) is 26.4 Å². The Hall–Kier alpha value is -4.03. The summed E-state index contributed by atoms with van der Waals surface area (Å²) in [4.78, 5) is 7.53. The van der Waals surface area contributed by atoms with Crippen LogP contribution < -0.4 is 41.9 Å². The molecule has 0 aliphatic carbocycles. The van der Waals surface area contributed by atoms with Gasteiger partial charge >= 0.3 is 0 Å². The van der Waals surface area contributed by atoms with Gasteiger partial charge in [0.25, 0.3) is 0 Å². The lowest BCUT2D eigenvalue weighted by molar-refractivity contribution is 0.166. The SMILES string of the molecule is NC(N)=NCC(O)c1ccc2c(c1)OCCO2.NC(N)=NCC(O)c1ccc2c(c1)OCCO2.O=S(=O)([O-])[O-]. The number of aliphatic hydroxyl groups is 2. The van der Waals surface area contributed by atoms with Gasteiger partial charge in [0.05, 0.1) is 25.3 Å². The Morgan fingerprint density at radius 3 is 1.33 bits per heavy atom. The standard InChI is InChI=1S/2C11H15N3O3.H2O4S/c2*12-11(13)14-6-8(15)7-1-2-9-10(5-7)17-4-3-16-9;1-5(2,3)4/h2*1-2,5,8,15H,3-4,6H2,(H4,12,13,14);(H2,1,2,3,4)/p-2. The lowest BCUT2D eigenvalue weighted by Gasteiger charge is -2.19. The van der Waals surface area contributed by atoms with E-state index in [2.05, 4.69) is 9.98 Å². The maximum Gasteiger partial charge on any atom is 0.186 e. The van der Waals surface area contributed by atoms with Crippen molar-refractivity contribution in [1.82, 2.24) is 0 Å². The lowest BCUT2D eigenvalue weighted by atomic mass is 10.1. The largest absolute Gasteiger partial charge is 0.759 e. The molecular formula is C22H30N6O10S-2. The molecule has 4 rings (SSSR count). The predicted molar refractivity (Wildman–Crippen MR) is 137 cm³/mol. The number of rotatable bonds is 6. The number of ether oxygens (including phenoxy) is 4. The van der Waals surface area contributed by atoms with Gasteiger partial charge in [-0.3, -0.25) is 18.4 Å². The van der Waals surface area contributed by atoms with Crippen LogP contribution in [0.1, 0.15) is 23.3 Å². The Balaban J connectivity index is 0.000000234. The van der Waals surface area contributed by atoms with E-state index in [1.54, 1.807) is 36.4 Å². The van der Waals surface area contributed by atoms with Crippen molar-refractivity contribution >= 4 is 22.3 Å². The lowest BCUT2D eigenvalue weighted by Crippen LogP contribution is -2.23. The van der Waals surface area contributed by atoms with Crippen LogP contribution in [-0.2, 0) is 10.4 Å². The molecule has 2 heterocycles. The number of nitrogens with two attached hydrogens (primary N) is 4. The number of hydrogen-bond acceptors (Lipinski definition) is 12. The van der Waals surface area contributed by atoms with Crippen LogP contribution in [-0.4, -0.2) is 79.2 Å². The van der Waals surface area contributed by atoms with Gasteiger partial charge in [-0.25, -0.2) is 0 Å². The van der Waals surface area contributed by atoms with Gasteiger partial charge in [-0.05, 0) is 35.4 Å². The molecule has 16 nitrogen and oxygen atoms in total. The number of fused-ring (bicyclic) bond motifs is 2. The number of hydrogen-bond donors (Lipinski definition) is 6. The van der Waals surface area contributed by atoms with E-state index in [0.717, 1.165) is 0 Å². The molecule has 17 heteroatoms. The minimum atomic E-state index is -5.17. The Morgan fingerprint density at radius 2 is 1.03 bits per heavy atom. The average molecular weight is 571 g/mol. The molecule has 2 atom stereocenters. The molecule has 2 aromatic carbocycles. The number of aliphatic imine (C=N–C) groups is 2. The minimum Gasteiger partial charge on any atom is -0.759 e. The third-order valence-corrected chi connectivity index (χ3v) is 4.80. The second kappa shape index (κ2) is 14.8. The van der Waals surface area contributed by atoms with E-state index in [9.17, 15) is 10.2 Å². The van der Waals surface area contributed by atoms with Gasteiger partial charge in [0.2, 0.25) is 0 Å². The quantitative estimate of drug-likeness (QED) is 0.0966. The highest BCUT2D eigenvalue weighted by Gasteiger charge is 2.16. The molecule has 216 valence electrons. The third kappa shape index (κ3) is 11.9. The fraction of sp³-hybridized carbons (Fsp3) is 0.364. The highest BCUT2D eigenvalue weighted by molar-refractivity contribution is 7.79. The van der Waals surface area contributed by atoms with Crippen molar-refractivity contribution in [2.75, 3.05) is 39.5 Å². The molecule has 10 N–H and O–H groups in total. The van der Waals surface area contributed by atoms with Gasteiger partial charge in [-0.1, -0.05) is 12.1 Å². The summed E-state index contributed by atoms with van der Waals surface area (Å²) in [5.41, 5.74) is 22.2. The average Bonchev–Trinajstić information content (AvgIpc) is 2.89. The number of nitrogens with zero attached hydrogens (tertiary/aromatic N) is 2. The molecule has 0 bridgehead atoms. The van der Waals surface area contributed by atoms with Crippen molar-refractivity contribution in [1.29, 1.82) is 0 Å². The fourth-order valence-corrected chi connectivity index (χ4v) is 3.13. The van der Waals surface area contributed by atoms with E-state index < -0.39 is 22.6 Å². The smallest absolute Gasteiger partial charge is 0.186 e. The Bertz CT molecular complexity index is 1160. The molecule has 0 aromatic heterocycles. The van der Waals surface area contributed by atoms with Crippen LogP contribution in [0.5, 0.6) is 23.0 Å². The number of aliphatic hydroxyl groups excluding tert-OH is 2. The molecule has 2 aliphatic heterocycles. The molecule has 2 aromatic rings. The molecule has 0 radical (unpaired) electrons. The molecule has 2 unspecified atom stereocenters. The van der Waals surface area contributed by atoms with Gasteiger partial charge < -0.3 is 61.2 Å². The second-order valence-corrected chi connectivity index (χ2v) is 8.59. The minimum absolute atomic E-state index is 0.0402. The third-order valence-electron chi connectivity index (χ3n) is 4.80. The summed E-state index contributed by atoms with van der Waals surface area (Å²) in [5.74, 6) is 2.57. The summed E-state index contributed by atoms with van der Waals surface area (Å²) in [7, 11) is -5.17. The zero-order chi connectivity index (χ0) is 29.0. The molecule has 0 amide bonds. The first kappa shape index (κ1) is 31.2. The molecule has 0 saturated carbocycles. The van der Waals surface area contributed by atoms with E-state index in [1.165, 1.54) is 0 Å². The van der Waals surface area contributed by atoms with Gasteiger partial charge in [0, 0.05) is 10.4 Å². The highest BCUT2D eigenvalue weighted by atomic mass is 32.3. The van der Waals surface area contributed by atoms with Crippen molar-refractivity contribution in [3.8, 4) is 23.0 Å². The molecule has 0 spiro atoms. The van der Waals surface area contributed by atoms with Gasteiger partial charge in [-0.15, -0.1) is 0 Å². The summed E-state index contributed by atoms with van der Waals surface area (Å²) in [6.45, 7) is 2.37. The van der Waals surface area contributed by atoms with Crippen LogP contribution in [0.3, 0.4) is 0 Å². The van der Waals surface area contributed by atoms with Crippen molar-refractivity contribution in [2.45, 2.75) is 12.2 Å². The summed E-state index contributed by atoms with van der Waals surface area (Å²) in [5, 5.41) is 19.7. The van der Waals surface area contributed by atoms with Crippen LogP contribution in [0.4, 0.5) is 0 Å². The molecule has 39 heavy (non-hydrogen) atoms. The zero-order valence-corrected chi connectivity index (χ0v) is 21.5. The maximum absolute atomic E-state index is 9.86. The Morgan fingerprint density at radius 1 is 0.718 bits per heavy atom. The Labute approximate surface area is 224 Å². The van der Waals surface area contributed by atoms with E-state index >= 15 is 0 Å². The predicted octanol–water partition coefficient (Wildman–Crippen LogP) is -1.81. The van der Waals surface area contributed by atoms with Crippen molar-refractivity contribution in [2.24, 2.45) is 32.9 Å². The van der Waals surface area contributed by atoms with Crippen molar-refractivity contribution in [3.63, 3.8) is 0 Å². The summed E-state index contributed by atoms with van der Waals surface area (Å²) < 4.78 is 55.7. The second-order valence-electron chi connectivity index (χ2n) is 7.78. The van der Waals surface area contributed by atoms with E-state index in [-0.39, 0.29) is 25.0 Å². The van der Waals surface area contributed by atoms with Crippen LogP contribution >= 0.6 is 0 Å². The van der Waals surface area contributed by atoms with E-state index in [0.29, 0.717) is 60.6 Å².